The molecule has 0 amide bonds. The van der Waals surface area contributed by atoms with E-state index in [0.29, 0.717) is 5.70 Å². The van der Waals surface area contributed by atoms with Crippen molar-refractivity contribution < 1.29 is 9.53 Å². The van der Waals surface area contributed by atoms with Gasteiger partial charge in [0.1, 0.15) is 15.8 Å². The van der Waals surface area contributed by atoms with Crippen molar-refractivity contribution in [1.29, 1.82) is 0 Å². The number of nitrogens with zero attached hydrogens (tertiary/aromatic N) is 1. The van der Waals surface area contributed by atoms with E-state index in [1.807, 2.05) is 24.5 Å². The van der Waals surface area contributed by atoms with E-state index in [2.05, 4.69) is 20.9 Å². The molecular weight excluding hydrogens is 334 g/mol. The summed E-state index contributed by atoms with van der Waals surface area (Å²) in [6.45, 7) is 0. The van der Waals surface area contributed by atoms with Crippen LogP contribution in [-0.2, 0) is 4.79 Å². The zero-order chi connectivity index (χ0) is 13.1. The van der Waals surface area contributed by atoms with Crippen molar-refractivity contribution in [2.75, 3.05) is 13.4 Å². The summed E-state index contributed by atoms with van der Waals surface area (Å²) >= 11 is 6.04. The Kier molecular flexibility index (Phi) is 4.53. The SMILES string of the molecule is COc1ccc(Br)cc1/C=C1\N=C(SC)SC1=O. The third kappa shape index (κ3) is 2.99. The van der Waals surface area contributed by atoms with Gasteiger partial charge in [-0.05, 0) is 42.3 Å². The minimum absolute atomic E-state index is 0.0265. The number of hydrogen-bond donors (Lipinski definition) is 0. The van der Waals surface area contributed by atoms with Gasteiger partial charge in [-0.25, -0.2) is 4.99 Å². The number of methoxy groups -OCH3 is 1. The van der Waals surface area contributed by atoms with Crippen LogP contribution in [0, 0.1) is 0 Å². The van der Waals surface area contributed by atoms with Crippen molar-refractivity contribution in [2.24, 2.45) is 4.99 Å². The third-order valence-electron chi connectivity index (χ3n) is 2.26. The summed E-state index contributed by atoms with van der Waals surface area (Å²) in [4.78, 5) is 16.0. The van der Waals surface area contributed by atoms with Gasteiger partial charge < -0.3 is 4.74 Å². The molecule has 0 unspecified atom stereocenters. The average Bonchev–Trinajstić information content (AvgIpc) is 2.71. The number of aliphatic imine (C=N–C) groups is 1. The van der Waals surface area contributed by atoms with Crippen LogP contribution in [0.3, 0.4) is 0 Å². The lowest BCUT2D eigenvalue weighted by Gasteiger charge is -2.05. The summed E-state index contributed by atoms with van der Waals surface area (Å²) in [7, 11) is 1.60. The molecule has 0 spiro atoms. The van der Waals surface area contributed by atoms with E-state index >= 15 is 0 Å². The lowest BCUT2D eigenvalue weighted by atomic mass is 10.1. The van der Waals surface area contributed by atoms with E-state index in [1.165, 1.54) is 11.8 Å². The van der Waals surface area contributed by atoms with Crippen LogP contribution in [0.5, 0.6) is 5.75 Å². The fourth-order valence-corrected chi connectivity index (χ4v) is 3.08. The Morgan fingerprint density at radius 3 is 2.89 bits per heavy atom. The third-order valence-corrected chi connectivity index (χ3v) is 4.60. The van der Waals surface area contributed by atoms with Gasteiger partial charge in [0, 0.05) is 10.0 Å². The molecule has 1 aromatic rings. The van der Waals surface area contributed by atoms with Crippen LogP contribution in [0.4, 0.5) is 0 Å². The highest BCUT2D eigenvalue weighted by molar-refractivity contribution is 9.10. The average molecular weight is 344 g/mol. The van der Waals surface area contributed by atoms with Crippen LogP contribution < -0.4 is 4.74 Å². The van der Waals surface area contributed by atoms with Gasteiger partial charge in [-0.3, -0.25) is 4.79 Å². The van der Waals surface area contributed by atoms with Gasteiger partial charge in [0.15, 0.2) is 0 Å². The molecule has 3 nitrogen and oxygen atoms in total. The molecule has 0 N–H and O–H groups in total. The number of carbonyl (C=O) groups excluding carboxylic acids is 1. The number of halogens is 1. The molecular formula is C12H10BrNO2S2. The van der Waals surface area contributed by atoms with Crippen molar-refractivity contribution >= 4 is 55.0 Å². The molecule has 0 fully saturated rings. The summed E-state index contributed by atoms with van der Waals surface area (Å²) < 4.78 is 6.97. The molecule has 2 rings (SSSR count). The molecule has 1 aliphatic heterocycles. The minimum Gasteiger partial charge on any atom is -0.496 e. The number of rotatable bonds is 2. The van der Waals surface area contributed by atoms with E-state index in [-0.39, 0.29) is 5.12 Å². The highest BCUT2D eigenvalue weighted by Crippen LogP contribution is 2.32. The molecule has 1 heterocycles. The lowest BCUT2D eigenvalue weighted by Crippen LogP contribution is -1.91. The molecule has 1 aromatic carbocycles. The second-order valence-corrected chi connectivity index (χ2v) is 6.32. The second kappa shape index (κ2) is 5.95. The fourth-order valence-electron chi connectivity index (χ4n) is 1.44. The molecule has 18 heavy (non-hydrogen) atoms. The van der Waals surface area contributed by atoms with E-state index in [0.717, 1.165) is 31.9 Å². The first-order chi connectivity index (χ1) is 8.63. The van der Waals surface area contributed by atoms with Gasteiger partial charge in [0.2, 0.25) is 5.12 Å². The van der Waals surface area contributed by atoms with E-state index in [4.69, 9.17) is 4.74 Å². The number of thioether (sulfide) groups is 2. The Labute approximate surface area is 122 Å². The van der Waals surface area contributed by atoms with Gasteiger partial charge in [-0.1, -0.05) is 15.9 Å². The summed E-state index contributed by atoms with van der Waals surface area (Å²) in [6, 6.07) is 5.64. The first kappa shape index (κ1) is 13.7. The highest BCUT2D eigenvalue weighted by Gasteiger charge is 2.21. The molecule has 0 aromatic heterocycles. The first-order valence-corrected chi connectivity index (χ1v) is 7.87. The molecule has 0 aliphatic carbocycles. The van der Waals surface area contributed by atoms with Crippen LogP contribution in [0.15, 0.2) is 33.4 Å². The summed E-state index contributed by atoms with van der Waals surface area (Å²) in [6.07, 6.45) is 3.66. The maximum Gasteiger partial charge on any atom is 0.244 e. The van der Waals surface area contributed by atoms with Crippen molar-refractivity contribution in [3.8, 4) is 5.75 Å². The van der Waals surface area contributed by atoms with Crippen LogP contribution in [0.1, 0.15) is 5.56 Å². The molecule has 0 saturated carbocycles. The molecule has 0 saturated heterocycles. The normalized spacial score (nSPS) is 17.2. The Balaban J connectivity index is 2.41. The van der Waals surface area contributed by atoms with E-state index < -0.39 is 0 Å². The number of carbonyl (C=O) groups is 1. The topological polar surface area (TPSA) is 38.7 Å². The first-order valence-electron chi connectivity index (χ1n) is 5.04. The zero-order valence-electron chi connectivity index (χ0n) is 9.77. The zero-order valence-corrected chi connectivity index (χ0v) is 13.0. The molecule has 0 bridgehead atoms. The highest BCUT2D eigenvalue weighted by atomic mass is 79.9. The predicted octanol–water partition coefficient (Wildman–Crippen LogP) is 3.79. The fraction of sp³-hybridized carbons (Fsp3) is 0.167. The number of benzene rings is 1. The van der Waals surface area contributed by atoms with Gasteiger partial charge in [0.05, 0.1) is 7.11 Å². The summed E-state index contributed by atoms with van der Waals surface area (Å²) in [5.74, 6) is 0.719. The summed E-state index contributed by atoms with van der Waals surface area (Å²) in [5, 5.41) is -0.0265. The largest absolute Gasteiger partial charge is 0.496 e. The number of ether oxygens (including phenoxy) is 1. The number of hydrogen-bond acceptors (Lipinski definition) is 5. The van der Waals surface area contributed by atoms with Crippen molar-refractivity contribution in [3.05, 3.63) is 33.9 Å². The van der Waals surface area contributed by atoms with Crippen LogP contribution in [-0.4, -0.2) is 22.9 Å². The van der Waals surface area contributed by atoms with Gasteiger partial charge in [0.25, 0.3) is 0 Å². The monoisotopic (exact) mass is 343 g/mol. The van der Waals surface area contributed by atoms with Crippen LogP contribution in [0.25, 0.3) is 6.08 Å². The maximum atomic E-state index is 11.7. The van der Waals surface area contributed by atoms with Crippen molar-refractivity contribution in [1.82, 2.24) is 0 Å². The van der Waals surface area contributed by atoms with Crippen molar-refractivity contribution in [3.63, 3.8) is 0 Å². The Bertz CT molecular complexity index is 555. The van der Waals surface area contributed by atoms with Gasteiger partial charge in [-0.15, -0.1) is 11.8 Å². The Morgan fingerprint density at radius 2 is 2.28 bits per heavy atom. The maximum absolute atomic E-state index is 11.7. The molecule has 94 valence electrons. The Hall–Kier alpha value is -0.720. The van der Waals surface area contributed by atoms with E-state index in [1.54, 1.807) is 13.2 Å². The molecule has 0 radical (unpaired) electrons. The summed E-state index contributed by atoms with van der Waals surface area (Å²) in [5.41, 5.74) is 1.29. The predicted molar refractivity (Wildman–Crippen MR) is 82.2 cm³/mol. The molecule has 1 aliphatic rings. The lowest BCUT2D eigenvalue weighted by molar-refractivity contribution is -0.107. The van der Waals surface area contributed by atoms with Crippen LogP contribution in [0.2, 0.25) is 0 Å². The molecule has 0 atom stereocenters. The standard InChI is InChI=1S/C12H10BrNO2S2/c1-16-10-4-3-8(13)5-7(10)6-9-11(15)18-12(14-9)17-2/h3-6H,1-2H3/b9-6-. The van der Waals surface area contributed by atoms with Crippen LogP contribution >= 0.6 is 39.5 Å². The minimum atomic E-state index is -0.0265. The van der Waals surface area contributed by atoms with Crippen molar-refractivity contribution in [2.45, 2.75) is 0 Å². The van der Waals surface area contributed by atoms with E-state index in [9.17, 15) is 4.79 Å². The van der Waals surface area contributed by atoms with Gasteiger partial charge in [-0.2, -0.15) is 0 Å². The smallest absolute Gasteiger partial charge is 0.244 e. The Morgan fingerprint density at radius 1 is 1.50 bits per heavy atom. The molecule has 6 heteroatoms. The second-order valence-electron chi connectivity index (χ2n) is 3.39. The van der Waals surface area contributed by atoms with Gasteiger partial charge >= 0.3 is 0 Å². The quantitative estimate of drug-likeness (QED) is 0.765.